The van der Waals surface area contributed by atoms with Crippen LogP contribution < -0.4 is 0 Å². The highest BCUT2D eigenvalue weighted by atomic mass is 35.5. The van der Waals surface area contributed by atoms with Crippen LogP contribution in [0.3, 0.4) is 0 Å². The molecule has 4 aliphatic rings. The van der Waals surface area contributed by atoms with Crippen LogP contribution in [0.4, 0.5) is 0 Å². The Morgan fingerprint density at radius 3 is 2.72 bits per heavy atom. The van der Waals surface area contributed by atoms with Crippen LogP contribution in [-0.2, 0) is 33.3 Å². The summed E-state index contributed by atoms with van der Waals surface area (Å²) in [4.78, 5) is 41.8. The van der Waals surface area contributed by atoms with Crippen molar-refractivity contribution in [3.63, 3.8) is 0 Å². The molecule has 10 nitrogen and oxygen atoms in total. The number of rotatable bonds is 8. The lowest BCUT2D eigenvalue weighted by molar-refractivity contribution is -0.179. The van der Waals surface area contributed by atoms with Crippen LogP contribution in [0, 0.1) is 29.6 Å². The predicted molar refractivity (Wildman–Crippen MR) is 156 cm³/mol. The van der Waals surface area contributed by atoms with Gasteiger partial charge in [-0.2, -0.15) is 0 Å². The average Bonchev–Trinajstić information content (AvgIpc) is 3.58. The van der Waals surface area contributed by atoms with Gasteiger partial charge in [-0.05, 0) is 44.4 Å². The maximum atomic E-state index is 13.5. The molecule has 1 aromatic heterocycles. The predicted octanol–water partition coefficient (Wildman–Crippen LogP) is 3.97. The minimum atomic E-state index is -0.987. The second-order valence-corrected chi connectivity index (χ2v) is 12.7. The number of aliphatic hydroxyl groups excluding tert-OH is 1. The third kappa shape index (κ3) is 5.67. The Hall–Kier alpha value is -2.66. The highest BCUT2D eigenvalue weighted by Crippen LogP contribution is 2.61. The molecule has 0 radical (unpaired) electrons. The molecule has 2 aliphatic carbocycles. The molecule has 5 rings (SSSR count). The number of aliphatic hydroxyl groups is 1. The van der Waals surface area contributed by atoms with Gasteiger partial charge in [-0.3, -0.25) is 4.79 Å². The first-order chi connectivity index (χ1) is 20.5. The van der Waals surface area contributed by atoms with E-state index in [-0.39, 0.29) is 36.5 Å². The van der Waals surface area contributed by atoms with Gasteiger partial charge in [0.05, 0.1) is 6.10 Å². The summed E-state index contributed by atoms with van der Waals surface area (Å²) in [7, 11) is 1.46. The molecule has 1 saturated carbocycles. The Kier molecular flexibility index (Phi) is 9.42. The van der Waals surface area contributed by atoms with Crippen molar-refractivity contribution in [1.29, 1.82) is 0 Å². The van der Waals surface area contributed by atoms with Crippen LogP contribution in [0.5, 0.6) is 0 Å². The summed E-state index contributed by atoms with van der Waals surface area (Å²) in [5.74, 6) is -2.82. The summed E-state index contributed by atoms with van der Waals surface area (Å²) in [5, 5.41) is 11.8. The Labute approximate surface area is 257 Å². The number of carbonyl (C=O) groups excluding carboxylic acids is 3. The number of ether oxygens (including phenoxy) is 5. The molecule has 2 N–H and O–H groups in total. The number of aromatic amines is 1. The van der Waals surface area contributed by atoms with Crippen molar-refractivity contribution in [2.45, 2.75) is 89.2 Å². The molecule has 0 aromatic carbocycles. The maximum absolute atomic E-state index is 13.5. The summed E-state index contributed by atoms with van der Waals surface area (Å²) >= 11 is 5.74. The number of aromatic nitrogens is 1. The number of hydrogen-bond donors (Lipinski definition) is 2. The van der Waals surface area contributed by atoms with Crippen LogP contribution in [0.25, 0.3) is 0 Å². The third-order valence-corrected chi connectivity index (χ3v) is 10.0. The minimum Gasteiger partial charge on any atom is -0.459 e. The minimum absolute atomic E-state index is 0.166. The van der Waals surface area contributed by atoms with Gasteiger partial charge >= 0.3 is 17.9 Å². The molecule has 11 heteroatoms. The van der Waals surface area contributed by atoms with Gasteiger partial charge in [0.25, 0.3) is 0 Å². The number of alkyl halides is 1. The van der Waals surface area contributed by atoms with E-state index >= 15 is 0 Å². The van der Waals surface area contributed by atoms with Crippen molar-refractivity contribution >= 4 is 29.5 Å². The van der Waals surface area contributed by atoms with Gasteiger partial charge < -0.3 is 33.8 Å². The second kappa shape index (κ2) is 12.8. The van der Waals surface area contributed by atoms with E-state index in [0.29, 0.717) is 18.0 Å². The van der Waals surface area contributed by atoms with Crippen molar-refractivity contribution in [2.24, 2.45) is 29.6 Å². The standard InChI is InChI=1S/C32H42ClNO9/c1-16-14-17(2)32-20(15-23(39-5)31(38)41-27(16)19(4)40-24(35)9-6-12-33)10-11-21-25(32)26(36)18(3)28(29(21)43-32)42-30(37)22-8-7-13-34-22/h7-8,10-11,13-14,16,18-21,23,25-29,34,36H,6,9,12,15H2,1-5H3/b17-14+/t16-,18-,19-,20-,21-,23+,25+,26-,27+,28-,29-,32+/m1/s1. The van der Waals surface area contributed by atoms with Crippen molar-refractivity contribution in [1.82, 2.24) is 4.98 Å². The number of carbonyl (C=O) groups is 3. The lowest BCUT2D eigenvalue weighted by Crippen LogP contribution is -2.57. The zero-order valence-corrected chi connectivity index (χ0v) is 26.0. The molecule has 2 aliphatic heterocycles. The Bertz CT molecular complexity index is 1250. The number of halogens is 1. The van der Waals surface area contributed by atoms with E-state index in [1.165, 1.54) is 7.11 Å². The molecule has 0 unspecified atom stereocenters. The molecule has 0 amide bonds. The van der Waals surface area contributed by atoms with E-state index in [9.17, 15) is 19.5 Å². The van der Waals surface area contributed by atoms with Gasteiger partial charge in [-0.1, -0.05) is 32.1 Å². The van der Waals surface area contributed by atoms with Gasteiger partial charge in [-0.25, -0.2) is 9.59 Å². The Balaban J connectivity index is 1.51. The van der Waals surface area contributed by atoms with Gasteiger partial charge in [-0.15, -0.1) is 11.6 Å². The fraction of sp³-hybridized carbons (Fsp3) is 0.656. The van der Waals surface area contributed by atoms with E-state index in [2.05, 4.69) is 4.98 Å². The van der Waals surface area contributed by atoms with Crippen molar-refractivity contribution in [2.75, 3.05) is 13.0 Å². The number of nitrogens with one attached hydrogen (secondary N) is 1. The van der Waals surface area contributed by atoms with Crippen molar-refractivity contribution in [3.8, 4) is 0 Å². The second-order valence-electron chi connectivity index (χ2n) is 12.3. The quantitative estimate of drug-likeness (QED) is 0.192. The molecule has 1 aromatic rings. The first-order valence-electron chi connectivity index (χ1n) is 15.1. The first kappa shape index (κ1) is 31.8. The molecule has 12 atom stereocenters. The molecule has 1 spiro atoms. The van der Waals surface area contributed by atoms with E-state index in [1.807, 2.05) is 39.0 Å². The van der Waals surface area contributed by atoms with Crippen LogP contribution in [-0.4, -0.2) is 83.2 Å². The fourth-order valence-electron chi connectivity index (χ4n) is 7.67. The number of hydrogen-bond acceptors (Lipinski definition) is 9. The maximum Gasteiger partial charge on any atom is 0.355 e. The zero-order valence-electron chi connectivity index (χ0n) is 25.2. The van der Waals surface area contributed by atoms with E-state index in [1.54, 1.807) is 25.3 Å². The molecule has 1 saturated heterocycles. The number of H-pyrrole nitrogens is 1. The summed E-state index contributed by atoms with van der Waals surface area (Å²) in [6, 6.07) is 3.36. The Morgan fingerprint density at radius 1 is 1.28 bits per heavy atom. The molecule has 43 heavy (non-hydrogen) atoms. The van der Waals surface area contributed by atoms with E-state index < -0.39 is 66.1 Å². The normalized spacial score (nSPS) is 40.4. The number of esters is 3. The highest BCUT2D eigenvalue weighted by Gasteiger charge is 2.69. The molecular weight excluding hydrogens is 578 g/mol. The molecule has 3 heterocycles. The van der Waals surface area contributed by atoms with E-state index in [4.69, 9.17) is 35.3 Å². The summed E-state index contributed by atoms with van der Waals surface area (Å²) in [5.41, 5.74) is 0.205. The van der Waals surface area contributed by atoms with Crippen LogP contribution in [0.1, 0.15) is 57.4 Å². The SMILES string of the molecule is CO[C@H]1C[C@H]2C=C[C@H]3[C@H]4O[C@]2(/C(C)=C/[C@@H](C)[C@@H]([C@@H](C)OC(=O)CCCCl)OC1=O)[C@@H]3[C@H](O)[C@@H](C)[C@H]4OC(=O)c1ccc[nH]1. The number of methoxy groups -OCH3 is 1. The zero-order chi connectivity index (χ0) is 31.1. The van der Waals surface area contributed by atoms with Gasteiger partial charge in [0.1, 0.15) is 35.7 Å². The summed E-state index contributed by atoms with van der Waals surface area (Å²) in [6.45, 7) is 7.45. The van der Waals surface area contributed by atoms with Crippen molar-refractivity contribution in [3.05, 3.63) is 47.8 Å². The lowest BCUT2D eigenvalue weighted by atomic mass is 9.57. The smallest absolute Gasteiger partial charge is 0.355 e. The van der Waals surface area contributed by atoms with Crippen LogP contribution >= 0.6 is 11.6 Å². The summed E-state index contributed by atoms with van der Waals surface area (Å²) in [6.07, 6.45) is 4.10. The molecular formula is C32H42ClNO9. The summed E-state index contributed by atoms with van der Waals surface area (Å²) < 4.78 is 30.3. The largest absolute Gasteiger partial charge is 0.459 e. The topological polar surface area (TPSA) is 133 Å². The first-order valence-corrected chi connectivity index (χ1v) is 15.6. The lowest BCUT2D eigenvalue weighted by Gasteiger charge is -2.48. The average molecular weight is 620 g/mol. The van der Waals surface area contributed by atoms with Crippen LogP contribution in [0.2, 0.25) is 0 Å². The van der Waals surface area contributed by atoms with E-state index in [0.717, 1.165) is 5.57 Å². The van der Waals surface area contributed by atoms with Gasteiger partial charge in [0, 0.05) is 55.2 Å². The highest BCUT2D eigenvalue weighted by molar-refractivity contribution is 6.17. The molecule has 2 fully saturated rings. The number of cyclic esters (lactones) is 1. The molecule has 4 bridgehead atoms. The Morgan fingerprint density at radius 2 is 2.05 bits per heavy atom. The monoisotopic (exact) mass is 619 g/mol. The third-order valence-electron chi connectivity index (χ3n) is 9.76. The van der Waals surface area contributed by atoms with Gasteiger partial charge in [0.15, 0.2) is 6.10 Å². The van der Waals surface area contributed by atoms with Gasteiger partial charge in [0.2, 0.25) is 0 Å². The molecule has 236 valence electrons. The fourth-order valence-corrected chi connectivity index (χ4v) is 7.81. The van der Waals surface area contributed by atoms with Crippen LogP contribution in [0.15, 0.2) is 42.1 Å². The van der Waals surface area contributed by atoms with Crippen molar-refractivity contribution < 1.29 is 43.2 Å².